The summed E-state index contributed by atoms with van der Waals surface area (Å²) in [6.45, 7) is 8.36. The number of guanidine groups is 1. The van der Waals surface area contributed by atoms with Crippen molar-refractivity contribution in [1.29, 1.82) is 0 Å². The number of morpholine rings is 1. The molecule has 1 fully saturated rings. The molecule has 1 aliphatic heterocycles. The van der Waals surface area contributed by atoms with Crippen molar-refractivity contribution in [1.82, 2.24) is 10.2 Å². The highest BCUT2D eigenvalue weighted by atomic mass is 127. The van der Waals surface area contributed by atoms with Crippen molar-refractivity contribution in [2.75, 3.05) is 39.4 Å². The number of halogens is 1. The molecule has 5 nitrogen and oxygen atoms in total. The minimum absolute atomic E-state index is 0. The number of nitrogens with one attached hydrogen (secondary N) is 1. The van der Waals surface area contributed by atoms with Crippen LogP contribution in [0.5, 0.6) is 0 Å². The first-order chi connectivity index (χ1) is 13.2. The first-order valence-corrected chi connectivity index (χ1v) is 9.70. The Bertz CT molecular complexity index is 760. The van der Waals surface area contributed by atoms with Crippen molar-refractivity contribution in [2.45, 2.75) is 19.9 Å². The lowest BCUT2D eigenvalue weighted by molar-refractivity contribution is 0.0376. The van der Waals surface area contributed by atoms with Crippen LogP contribution in [-0.2, 0) is 11.3 Å². The van der Waals surface area contributed by atoms with Crippen LogP contribution in [0.15, 0.2) is 53.5 Å². The second kappa shape index (κ2) is 12.0. The van der Waals surface area contributed by atoms with Gasteiger partial charge in [-0.1, -0.05) is 48.0 Å². The molecule has 2 aromatic rings. The van der Waals surface area contributed by atoms with Crippen LogP contribution in [0.1, 0.15) is 17.5 Å². The minimum atomic E-state index is 0. The maximum absolute atomic E-state index is 6.02. The highest BCUT2D eigenvalue weighted by Crippen LogP contribution is 2.21. The van der Waals surface area contributed by atoms with Gasteiger partial charge in [0.15, 0.2) is 5.96 Å². The second-order valence-electron chi connectivity index (χ2n) is 7.01. The SMILES string of the molecule is Cc1cccc(-c2cccc(CN=C(N)NCCCN3CCOCC3)c2)c1.I. The Kier molecular flexibility index (Phi) is 9.73. The molecule has 6 heteroatoms. The van der Waals surface area contributed by atoms with Gasteiger partial charge in [-0.3, -0.25) is 4.90 Å². The molecule has 1 saturated heterocycles. The molecule has 0 spiro atoms. The number of hydrogen-bond donors (Lipinski definition) is 2. The van der Waals surface area contributed by atoms with Crippen LogP contribution in [0.3, 0.4) is 0 Å². The highest BCUT2D eigenvalue weighted by Gasteiger charge is 2.09. The lowest BCUT2D eigenvalue weighted by Crippen LogP contribution is -2.39. The number of aliphatic imine (C=N–C) groups is 1. The first-order valence-electron chi connectivity index (χ1n) is 9.70. The van der Waals surface area contributed by atoms with Crippen LogP contribution >= 0.6 is 24.0 Å². The molecule has 2 aromatic carbocycles. The van der Waals surface area contributed by atoms with Crippen molar-refractivity contribution < 1.29 is 4.74 Å². The van der Waals surface area contributed by atoms with E-state index in [1.54, 1.807) is 0 Å². The van der Waals surface area contributed by atoms with Gasteiger partial charge in [-0.15, -0.1) is 24.0 Å². The largest absolute Gasteiger partial charge is 0.379 e. The fraction of sp³-hybridized carbons (Fsp3) is 0.409. The van der Waals surface area contributed by atoms with Gasteiger partial charge in [0.1, 0.15) is 0 Å². The summed E-state index contributed by atoms with van der Waals surface area (Å²) in [5.74, 6) is 0.512. The van der Waals surface area contributed by atoms with Gasteiger partial charge in [0.25, 0.3) is 0 Å². The van der Waals surface area contributed by atoms with Crippen LogP contribution in [0, 0.1) is 6.92 Å². The molecule has 0 unspecified atom stereocenters. The van der Waals surface area contributed by atoms with E-state index in [1.165, 1.54) is 16.7 Å². The fourth-order valence-corrected chi connectivity index (χ4v) is 3.25. The van der Waals surface area contributed by atoms with Crippen molar-refractivity contribution in [2.24, 2.45) is 10.7 Å². The smallest absolute Gasteiger partial charge is 0.188 e. The Morgan fingerprint density at radius 3 is 2.57 bits per heavy atom. The molecule has 28 heavy (non-hydrogen) atoms. The molecule has 0 bridgehead atoms. The molecule has 3 N–H and O–H groups in total. The van der Waals surface area contributed by atoms with E-state index in [0.717, 1.165) is 51.4 Å². The molecule has 152 valence electrons. The van der Waals surface area contributed by atoms with Crippen LogP contribution in [0.4, 0.5) is 0 Å². The van der Waals surface area contributed by atoms with E-state index >= 15 is 0 Å². The summed E-state index contributed by atoms with van der Waals surface area (Å²) in [6.07, 6.45) is 1.05. The van der Waals surface area contributed by atoms with Crippen LogP contribution in [0.2, 0.25) is 0 Å². The zero-order valence-corrected chi connectivity index (χ0v) is 18.9. The third-order valence-corrected chi connectivity index (χ3v) is 4.77. The zero-order valence-electron chi connectivity index (χ0n) is 16.6. The number of nitrogens with two attached hydrogens (primary N) is 1. The Morgan fingerprint density at radius 2 is 1.82 bits per heavy atom. The van der Waals surface area contributed by atoms with Crippen molar-refractivity contribution in [3.05, 3.63) is 59.7 Å². The van der Waals surface area contributed by atoms with E-state index in [2.05, 4.69) is 70.7 Å². The number of nitrogens with zero attached hydrogens (tertiary/aromatic N) is 2. The van der Waals surface area contributed by atoms with Gasteiger partial charge < -0.3 is 15.8 Å². The Hall–Kier alpha value is -1.64. The quantitative estimate of drug-likeness (QED) is 0.268. The number of ether oxygens (including phenoxy) is 1. The van der Waals surface area contributed by atoms with Gasteiger partial charge in [0.05, 0.1) is 19.8 Å². The number of hydrogen-bond acceptors (Lipinski definition) is 3. The van der Waals surface area contributed by atoms with Gasteiger partial charge in [-0.05, 0) is 42.6 Å². The monoisotopic (exact) mass is 494 g/mol. The molecule has 3 rings (SSSR count). The van der Waals surface area contributed by atoms with Gasteiger partial charge in [-0.25, -0.2) is 4.99 Å². The van der Waals surface area contributed by atoms with Gasteiger partial charge in [-0.2, -0.15) is 0 Å². The molecule has 0 amide bonds. The Labute approximate surface area is 185 Å². The average molecular weight is 494 g/mol. The van der Waals surface area contributed by atoms with Crippen LogP contribution in [-0.4, -0.2) is 50.3 Å². The Morgan fingerprint density at radius 1 is 1.11 bits per heavy atom. The maximum atomic E-state index is 6.02. The summed E-state index contributed by atoms with van der Waals surface area (Å²) in [6, 6.07) is 17.0. The van der Waals surface area contributed by atoms with Crippen LogP contribution in [0.25, 0.3) is 11.1 Å². The summed E-state index contributed by atoms with van der Waals surface area (Å²) < 4.78 is 5.36. The van der Waals surface area contributed by atoms with E-state index in [0.29, 0.717) is 12.5 Å². The summed E-state index contributed by atoms with van der Waals surface area (Å²) in [5.41, 5.74) is 10.9. The first kappa shape index (κ1) is 22.6. The lowest BCUT2D eigenvalue weighted by Gasteiger charge is -2.26. The summed E-state index contributed by atoms with van der Waals surface area (Å²) >= 11 is 0. The van der Waals surface area contributed by atoms with Crippen molar-refractivity contribution in [3.8, 4) is 11.1 Å². The van der Waals surface area contributed by atoms with Crippen LogP contribution < -0.4 is 11.1 Å². The van der Waals surface area contributed by atoms with E-state index in [-0.39, 0.29) is 24.0 Å². The molecule has 0 aromatic heterocycles. The van der Waals surface area contributed by atoms with E-state index in [4.69, 9.17) is 10.5 Å². The maximum Gasteiger partial charge on any atom is 0.188 e. The third-order valence-electron chi connectivity index (χ3n) is 4.77. The predicted molar refractivity (Wildman–Crippen MR) is 127 cm³/mol. The zero-order chi connectivity index (χ0) is 18.9. The standard InChI is InChI=1S/C22H30N4O.HI/c1-18-5-2-7-20(15-18)21-8-3-6-19(16-21)17-25-22(23)24-9-4-10-26-11-13-27-14-12-26;/h2-3,5-8,15-16H,4,9-14,17H2,1H3,(H3,23,24,25);1H. The molecule has 1 heterocycles. The number of rotatable bonds is 7. The summed E-state index contributed by atoms with van der Waals surface area (Å²) in [4.78, 5) is 6.91. The van der Waals surface area contributed by atoms with Gasteiger partial charge >= 0.3 is 0 Å². The third kappa shape index (κ3) is 7.41. The number of benzene rings is 2. The van der Waals surface area contributed by atoms with E-state index in [1.807, 2.05) is 0 Å². The van der Waals surface area contributed by atoms with Crippen molar-refractivity contribution >= 4 is 29.9 Å². The summed E-state index contributed by atoms with van der Waals surface area (Å²) in [5, 5.41) is 3.22. The molecule has 1 aliphatic rings. The van der Waals surface area contributed by atoms with Crippen molar-refractivity contribution in [3.63, 3.8) is 0 Å². The lowest BCUT2D eigenvalue weighted by atomic mass is 10.0. The fourth-order valence-electron chi connectivity index (χ4n) is 3.25. The van der Waals surface area contributed by atoms with Gasteiger partial charge in [0.2, 0.25) is 0 Å². The van der Waals surface area contributed by atoms with E-state index < -0.39 is 0 Å². The minimum Gasteiger partial charge on any atom is -0.379 e. The molecular weight excluding hydrogens is 463 g/mol. The van der Waals surface area contributed by atoms with Gasteiger partial charge in [0, 0.05) is 19.6 Å². The second-order valence-corrected chi connectivity index (χ2v) is 7.01. The normalized spacial score (nSPS) is 15.1. The molecule has 0 saturated carbocycles. The van der Waals surface area contributed by atoms with E-state index in [9.17, 15) is 0 Å². The molecule has 0 aliphatic carbocycles. The highest BCUT2D eigenvalue weighted by molar-refractivity contribution is 14.0. The topological polar surface area (TPSA) is 62.9 Å². The number of aryl methyl sites for hydroxylation is 1. The average Bonchev–Trinajstić information content (AvgIpc) is 2.71. The molecule has 0 radical (unpaired) electrons. The molecular formula is C22H31IN4O. The summed E-state index contributed by atoms with van der Waals surface area (Å²) in [7, 11) is 0. The predicted octanol–water partition coefficient (Wildman–Crippen LogP) is 3.41. The Balaban J connectivity index is 0.00000280. The molecule has 0 atom stereocenters.